The molecule has 7 heteroatoms. The minimum atomic E-state index is -0.275. The van der Waals surface area contributed by atoms with E-state index in [0.29, 0.717) is 24.7 Å². The van der Waals surface area contributed by atoms with Gasteiger partial charge in [0.25, 0.3) is 5.91 Å². The van der Waals surface area contributed by atoms with E-state index in [2.05, 4.69) is 10.2 Å². The standard InChI is InChI=1S/C19H23FN4O2/c20-15-6-8-16(9-7-15)26-13-14-4-3-10-23(12-14)19(25)18-22-21-17-5-1-2-11-24(17)18/h6-9,14H,1-5,10-13H2/t14-/m0/s1. The first kappa shape index (κ1) is 17.0. The summed E-state index contributed by atoms with van der Waals surface area (Å²) in [6, 6.07) is 6.04. The van der Waals surface area contributed by atoms with E-state index in [1.54, 1.807) is 12.1 Å². The van der Waals surface area contributed by atoms with Gasteiger partial charge in [-0.1, -0.05) is 0 Å². The number of carbonyl (C=O) groups is 1. The van der Waals surface area contributed by atoms with Gasteiger partial charge >= 0.3 is 0 Å². The lowest BCUT2D eigenvalue weighted by atomic mass is 9.99. The van der Waals surface area contributed by atoms with Gasteiger partial charge in [0.1, 0.15) is 17.4 Å². The first-order valence-corrected chi connectivity index (χ1v) is 9.30. The molecule has 4 rings (SSSR count). The van der Waals surface area contributed by atoms with Crippen molar-refractivity contribution in [2.45, 2.75) is 38.6 Å². The van der Waals surface area contributed by atoms with Crippen molar-refractivity contribution in [2.24, 2.45) is 5.92 Å². The van der Waals surface area contributed by atoms with Crippen molar-refractivity contribution in [1.82, 2.24) is 19.7 Å². The minimum Gasteiger partial charge on any atom is -0.493 e. The third-order valence-electron chi connectivity index (χ3n) is 5.16. The molecule has 2 aliphatic rings. The van der Waals surface area contributed by atoms with Crippen LogP contribution in [-0.2, 0) is 13.0 Å². The summed E-state index contributed by atoms with van der Waals surface area (Å²) >= 11 is 0. The molecule has 1 aromatic carbocycles. The summed E-state index contributed by atoms with van der Waals surface area (Å²) in [4.78, 5) is 14.8. The van der Waals surface area contributed by atoms with Crippen LogP contribution in [0.4, 0.5) is 4.39 Å². The van der Waals surface area contributed by atoms with Gasteiger partial charge in [0.05, 0.1) is 6.61 Å². The number of fused-ring (bicyclic) bond motifs is 1. The third-order valence-corrected chi connectivity index (χ3v) is 5.16. The van der Waals surface area contributed by atoms with Crippen LogP contribution < -0.4 is 4.74 Å². The highest BCUT2D eigenvalue weighted by Gasteiger charge is 2.29. The van der Waals surface area contributed by atoms with Crippen molar-refractivity contribution in [3.05, 3.63) is 41.7 Å². The summed E-state index contributed by atoms with van der Waals surface area (Å²) in [7, 11) is 0. The Kier molecular flexibility index (Phi) is 4.86. The summed E-state index contributed by atoms with van der Waals surface area (Å²) in [5.74, 6) is 2.01. The summed E-state index contributed by atoms with van der Waals surface area (Å²) in [5, 5.41) is 8.34. The van der Waals surface area contributed by atoms with E-state index in [9.17, 15) is 9.18 Å². The number of likely N-dealkylation sites (tertiary alicyclic amines) is 1. The topological polar surface area (TPSA) is 60.2 Å². The van der Waals surface area contributed by atoms with Gasteiger partial charge in [-0.05, 0) is 49.9 Å². The fourth-order valence-corrected chi connectivity index (χ4v) is 3.74. The SMILES string of the molecule is O=C(c1nnc2n1CCCC2)N1CCC[C@H](COc2ccc(F)cc2)C1. The van der Waals surface area contributed by atoms with E-state index in [4.69, 9.17) is 4.74 Å². The monoisotopic (exact) mass is 358 g/mol. The molecule has 1 amide bonds. The molecule has 0 spiro atoms. The van der Waals surface area contributed by atoms with Crippen LogP contribution in [0.3, 0.4) is 0 Å². The zero-order valence-electron chi connectivity index (χ0n) is 14.7. The maximum absolute atomic E-state index is 13.0. The number of carbonyl (C=O) groups excluding carboxylic acids is 1. The molecule has 6 nitrogen and oxygen atoms in total. The largest absolute Gasteiger partial charge is 0.493 e. The molecule has 26 heavy (non-hydrogen) atoms. The summed E-state index contributed by atoms with van der Waals surface area (Å²) in [6.07, 6.45) is 5.04. The number of piperidine rings is 1. The lowest BCUT2D eigenvalue weighted by molar-refractivity contribution is 0.0615. The van der Waals surface area contributed by atoms with Crippen molar-refractivity contribution in [3.63, 3.8) is 0 Å². The van der Waals surface area contributed by atoms with Gasteiger partial charge in [-0.2, -0.15) is 0 Å². The van der Waals surface area contributed by atoms with Gasteiger partial charge < -0.3 is 14.2 Å². The lowest BCUT2D eigenvalue weighted by Crippen LogP contribution is -2.42. The highest BCUT2D eigenvalue weighted by atomic mass is 19.1. The van der Waals surface area contributed by atoms with E-state index < -0.39 is 0 Å². The summed E-state index contributed by atoms with van der Waals surface area (Å²) in [6.45, 7) is 2.75. The van der Waals surface area contributed by atoms with Crippen molar-refractivity contribution in [3.8, 4) is 5.75 Å². The Morgan fingerprint density at radius 3 is 2.85 bits per heavy atom. The Bertz CT molecular complexity index is 774. The Hall–Kier alpha value is -2.44. The molecule has 0 aliphatic carbocycles. The predicted octanol–water partition coefficient (Wildman–Crippen LogP) is 2.68. The molecular weight excluding hydrogens is 335 g/mol. The number of hydrogen-bond acceptors (Lipinski definition) is 4. The van der Waals surface area contributed by atoms with E-state index >= 15 is 0 Å². The third kappa shape index (κ3) is 3.57. The van der Waals surface area contributed by atoms with E-state index in [-0.39, 0.29) is 17.6 Å². The molecule has 0 radical (unpaired) electrons. The van der Waals surface area contributed by atoms with Gasteiger partial charge in [-0.25, -0.2) is 4.39 Å². The number of ether oxygens (including phenoxy) is 1. The molecule has 0 saturated carbocycles. The summed E-state index contributed by atoms with van der Waals surface area (Å²) in [5.41, 5.74) is 0. The Balaban J connectivity index is 1.38. The van der Waals surface area contributed by atoms with Crippen LogP contribution in [0.1, 0.15) is 42.1 Å². The second-order valence-electron chi connectivity index (χ2n) is 7.07. The van der Waals surface area contributed by atoms with Crippen LogP contribution in [0.2, 0.25) is 0 Å². The number of rotatable bonds is 4. The maximum atomic E-state index is 13.0. The van der Waals surface area contributed by atoms with Crippen LogP contribution in [0.15, 0.2) is 24.3 Å². The Labute approximate surface area is 152 Å². The van der Waals surface area contributed by atoms with E-state index in [0.717, 1.165) is 51.0 Å². The maximum Gasteiger partial charge on any atom is 0.291 e. The molecule has 3 heterocycles. The van der Waals surface area contributed by atoms with Gasteiger partial charge in [-0.15, -0.1) is 10.2 Å². The molecule has 0 bridgehead atoms. The van der Waals surface area contributed by atoms with Gasteiger partial charge in [0.2, 0.25) is 5.82 Å². The molecule has 1 atom stereocenters. The number of benzene rings is 1. The Morgan fingerprint density at radius 2 is 2.00 bits per heavy atom. The van der Waals surface area contributed by atoms with Crippen LogP contribution >= 0.6 is 0 Å². The van der Waals surface area contributed by atoms with E-state index in [1.807, 2.05) is 9.47 Å². The second-order valence-corrected chi connectivity index (χ2v) is 7.07. The zero-order valence-corrected chi connectivity index (χ0v) is 14.7. The van der Waals surface area contributed by atoms with Crippen molar-refractivity contribution < 1.29 is 13.9 Å². The normalized spacial score (nSPS) is 19.9. The number of hydrogen-bond donors (Lipinski definition) is 0. The molecule has 138 valence electrons. The number of aryl methyl sites for hydroxylation is 1. The van der Waals surface area contributed by atoms with Crippen LogP contribution in [-0.4, -0.2) is 45.3 Å². The van der Waals surface area contributed by atoms with Crippen molar-refractivity contribution in [2.75, 3.05) is 19.7 Å². The number of amides is 1. The predicted molar refractivity (Wildman–Crippen MR) is 93.5 cm³/mol. The fourth-order valence-electron chi connectivity index (χ4n) is 3.74. The highest BCUT2D eigenvalue weighted by Crippen LogP contribution is 2.22. The molecule has 1 fully saturated rings. The second kappa shape index (κ2) is 7.43. The van der Waals surface area contributed by atoms with Crippen LogP contribution in [0, 0.1) is 11.7 Å². The van der Waals surface area contributed by atoms with Gasteiger partial charge in [0, 0.05) is 32.0 Å². The lowest BCUT2D eigenvalue weighted by Gasteiger charge is -2.32. The molecule has 2 aromatic rings. The van der Waals surface area contributed by atoms with Crippen molar-refractivity contribution >= 4 is 5.91 Å². The van der Waals surface area contributed by atoms with Gasteiger partial charge in [0.15, 0.2) is 0 Å². The molecule has 2 aliphatic heterocycles. The quantitative estimate of drug-likeness (QED) is 0.843. The molecular formula is C19H23FN4O2. The molecule has 0 unspecified atom stereocenters. The first-order chi connectivity index (χ1) is 12.7. The Morgan fingerprint density at radius 1 is 1.15 bits per heavy atom. The average molecular weight is 358 g/mol. The molecule has 1 aromatic heterocycles. The minimum absolute atomic E-state index is 0.0304. The fraction of sp³-hybridized carbons (Fsp3) is 0.526. The smallest absolute Gasteiger partial charge is 0.291 e. The molecule has 0 N–H and O–H groups in total. The van der Waals surface area contributed by atoms with Crippen molar-refractivity contribution in [1.29, 1.82) is 0 Å². The average Bonchev–Trinajstić information content (AvgIpc) is 3.11. The van der Waals surface area contributed by atoms with E-state index in [1.165, 1.54) is 12.1 Å². The molecule has 1 saturated heterocycles. The zero-order chi connectivity index (χ0) is 17.9. The number of halogens is 1. The number of nitrogens with zero attached hydrogens (tertiary/aromatic N) is 4. The number of aromatic nitrogens is 3. The summed E-state index contributed by atoms with van der Waals surface area (Å²) < 4.78 is 20.7. The first-order valence-electron chi connectivity index (χ1n) is 9.30. The van der Waals surface area contributed by atoms with Crippen LogP contribution in [0.25, 0.3) is 0 Å². The highest BCUT2D eigenvalue weighted by molar-refractivity contribution is 5.90. The van der Waals surface area contributed by atoms with Gasteiger partial charge in [-0.3, -0.25) is 4.79 Å². The van der Waals surface area contributed by atoms with Crippen LogP contribution in [0.5, 0.6) is 5.75 Å².